The van der Waals surface area contributed by atoms with Crippen molar-refractivity contribution in [3.63, 3.8) is 0 Å². The van der Waals surface area contributed by atoms with Gasteiger partial charge in [-0.3, -0.25) is 0 Å². The molecule has 0 radical (unpaired) electrons. The van der Waals surface area contributed by atoms with Crippen molar-refractivity contribution >= 4 is 0 Å². The van der Waals surface area contributed by atoms with Crippen LogP contribution in [-0.4, -0.2) is 6.54 Å². The monoisotopic (exact) mass is 285 g/mol. The van der Waals surface area contributed by atoms with Crippen molar-refractivity contribution in [2.45, 2.75) is 38.6 Å². The van der Waals surface area contributed by atoms with Crippen LogP contribution in [0.5, 0.6) is 0 Å². The molecule has 0 aliphatic heterocycles. The predicted molar refractivity (Wildman–Crippen MR) is 86.9 cm³/mol. The quantitative estimate of drug-likeness (QED) is 0.800. The van der Waals surface area contributed by atoms with Gasteiger partial charge in [-0.1, -0.05) is 63.2 Å². The van der Waals surface area contributed by atoms with E-state index < -0.39 is 0 Å². The van der Waals surface area contributed by atoms with Crippen LogP contribution >= 0.6 is 0 Å². The molecule has 0 heterocycles. The molecule has 1 atom stereocenters. The van der Waals surface area contributed by atoms with Gasteiger partial charge in [0.2, 0.25) is 0 Å². The Hall–Kier alpha value is -1.67. The van der Waals surface area contributed by atoms with E-state index in [1.807, 2.05) is 18.2 Å². The topological polar surface area (TPSA) is 12.0 Å². The van der Waals surface area contributed by atoms with E-state index in [0.717, 1.165) is 18.5 Å². The summed E-state index contributed by atoms with van der Waals surface area (Å²) in [5.41, 5.74) is 2.53. The second-order valence-electron chi connectivity index (χ2n) is 6.14. The summed E-state index contributed by atoms with van der Waals surface area (Å²) >= 11 is 0. The zero-order valence-corrected chi connectivity index (χ0v) is 13.1. The number of benzene rings is 2. The molecule has 2 aromatic carbocycles. The molecule has 0 fully saturated rings. The molecule has 1 N–H and O–H groups in total. The first-order valence-electron chi connectivity index (χ1n) is 7.57. The summed E-state index contributed by atoms with van der Waals surface area (Å²) in [5, 5.41) is 3.62. The average molecular weight is 285 g/mol. The van der Waals surface area contributed by atoms with Crippen molar-refractivity contribution in [2.75, 3.05) is 6.54 Å². The molecule has 0 amide bonds. The predicted octanol–water partition coefficient (Wildman–Crippen LogP) is 4.84. The Morgan fingerprint density at radius 1 is 1.00 bits per heavy atom. The highest BCUT2D eigenvalue weighted by molar-refractivity contribution is 5.25. The zero-order valence-electron chi connectivity index (χ0n) is 13.1. The van der Waals surface area contributed by atoms with E-state index in [9.17, 15) is 4.39 Å². The highest BCUT2D eigenvalue weighted by Gasteiger charge is 2.21. The maximum atomic E-state index is 13.0. The van der Waals surface area contributed by atoms with Crippen LogP contribution in [0.2, 0.25) is 0 Å². The molecule has 0 aliphatic carbocycles. The fourth-order valence-corrected chi connectivity index (χ4v) is 2.56. The van der Waals surface area contributed by atoms with E-state index in [0.29, 0.717) is 0 Å². The largest absolute Gasteiger partial charge is 0.309 e. The molecule has 112 valence electrons. The van der Waals surface area contributed by atoms with Crippen molar-refractivity contribution in [3.8, 4) is 0 Å². The van der Waals surface area contributed by atoms with E-state index in [4.69, 9.17) is 0 Å². The van der Waals surface area contributed by atoms with Gasteiger partial charge in [-0.25, -0.2) is 4.39 Å². The molecule has 0 aromatic heterocycles. The highest BCUT2D eigenvalue weighted by Crippen LogP contribution is 2.24. The Labute approximate surface area is 127 Å². The van der Waals surface area contributed by atoms with Crippen LogP contribution in [0, 0.1) is 5.82 Å². The number of halogens is 1. The van der Waals surface area contributed by atoms with Gasteiger partial charge in [0.25, 0.3) is 0 Å². The molecule has 0 bridgehead atoms. The summed E-state index contributed by atoms with van der Waals surface area (Å²) in [6.07, 6.45) is 0.983. The molecule has 0 saturated carbocycles. The number of nitrogens with one attached hydrogen (secondary N) is 1. The van der Waals surface area contributed by atoms with E-state index in [1.54, 1.807) is 0 Å². The minimum absolute atomic E-state index is 0.0642. The Bertz CT molecular complexity index is 546. The normalized spacial score (nSPS) is 13.1. The second-order valence-corrected chi connectivity index (χ2v) is 6.14. The third kappa shape index (κ3) is 4.15. The van der Waals surface area contributed by atoms with Crippen LogP contribution < -0.4 is 5.32 Å². The van der Waals surface area contributed by atoms with Crippen molar-refractivity contribution in [2.24, 2.45) is 0 Å². The second kappa shape index (κ2) is 6.86. The SMILES string of the molecule is CCC(NCC(C)(C)c1ccccc1)c1ccc(F)cc1. The first kappa shape index (κ1) is 15.7. The zero-order chi connectivity index (χ0) is 15.3. The number of hydrogen-bond acceptors (Lipinski definition) is 1. The van der Waals surface area contributed by atoms with Gasteiger partial charge in [0.1, 0.15) is 5.82 Å². The maximum absolute atomic E-state index is 13.0. The standard InChI is InChI=1S/C19H24FN/c1-4-18(15-10-12-17(20)13-11-15)21-14-19(2,3)16-8-6-5-7-9-16/h5-13,18,21H,4,14H2,1-3H3. The lowest BCUT2D eigenvalue weighted by Crippen LogP contribution is -2.35. The molecule has 2 heteroatoms. The van der Waals surface area contributed by atoms with E-state index in [-0.39, 0.29) is 17.3 Å². The Balaban J connectivity index is 2.04. The minimum atomic E-state index is -0.182. The van der Waals surface area contributed by atoms with Crippen LogP contribution in [0.3, 0.4) is 0 Å². The van der Waals surface area contributed by atoms with Crippen molar-refractivity contribution in [1.82, 2.24) is 5.32 Å². The molecule has 1 nitrogen and oxygen atoms in total. The van der Waals surface area contributed by atoms with E-state index in [2.05, 4.69) is 50.4 Å². The lowest BCUT2D eigenvalue weighted by atomic mass is 9.84. The van der Waals surface area contributed by atoms with Crippen LogP contribution in [0.1, 0.15) is 44.4 Å². The maximum Gasteiger partial charge on any atom is 0.123 e. The summed E-state index contributed by atoms with van der Waals surface area (Å²) < 4.78 is 13.0. The summed E-state index contributed by atoms with van der Waals surface area (Å²) in [5.74, 6) is -0.182. The smallest absolute Gasteiger partial charge is 0.123 e. The molecule has 2 aromatic rings. The minimum Gasteiger partial charge on any atom is -0.309 e. The summed E-state index contributed by atoms with van der Waals surface area (Å²) in [7, 11) is 0. The summed E-state index contributed by atoms with van der Waals surface area (Å²) in [4.78, 5) is 0. The van der Waals surface area contributed by atoms with Gasteiger partial charge >= 0.3 is 0 Å². The van der Waals surface area contributed by atoms with Crippen LogP contribution in [0.4, 0.5) is 4.39 Å². The van der Waals surface area contributed by atoms with Gasteiger partial charge in [0, 0.05) is 18.0 Å². The molecule has 1 unspecified atom stereocenters. The van der Waals surface area contributed by atoms with Crippen LogP contribution in [0.25, 0.3) is 0 Å². The molecule has 2 rings (SSSR count). The van der Waals surface area contributed by atoms with E-state index >= 15 is 0 Å². The summed E-state index contributed by atoms with van der Waals surface area (Å²) in [6, 6.07) is 17.6. The van der Waals surface area contributed by atoms with Gasteiger partial charge < -0.3 is 5.32 Å². The van der Waals surface area contributed by atoms with Crippen molar-refractivity contribution < 1.29 is 4.39 Å². The molecule has 0 spiro atoms. The molecule has 0 saturated heterocycles. The average Bonchev–Trinajstić information content (AvgIpc) is 2.50. The Morgan fingerprint density at radius 3 is 2.19 bits per heavy atom. The molecule has 21 heavy (non-hydrogen) atoms. The lowest BCUT2D eigenvalue weighted by Gasteiger charge is -2.29. The van der Waals surface area contributed by atoms with Crippen molar-refractivity contribution in [3.05, 3.63) is 71.5 Å². The van der Waals surface area contributed by atoms with Crippen LogP contribution in [-0.2, 0) is 5.41 Å². The van der Waals surface area contributed by atoms with Gasteiger partial charge in [0.05, 0.1) is 0 Å². The molecule has 0 aliphatic rings. The lowest BCUT2D eigenvalue weighted by molar-refractivity contribution is 0.416. The first-order valence-corrected chi connectivity index (χ1v) is 7.57. The third-order valence-electron chi connectivity index (χ3n) is 4.03. The molecular weight excluding hydrogens is 261 g/mol. The number of rotatable bonds is 6. The first-order chi connectivity index (χ1) is 10.0. The third-order valence-corrected chi connectivity index (χ3v) is 4.03. The van der Waals surface area contributed by atoms with Gasteiger partial charge in [-0.15, -0.1) is 0 Å². The van der Waals surface area contributed by atoms with Crippen LogP contribution in [0.15, 0.2) is 54.6 Å². The Morgan fingerprint density at radius 2 is 1.62 bits per heavy atom. The Kier molecular flexibility index (Phi) is 5.13. The van der Waals surface area contributed by atoms with Crippen molar-refractivity contribution in [1.29, 1.82) is 0 Å². The fourth-order valence-electron chi connectivity index (χ4n) is 2.56. The molecular formula is C19H24FN. The fraction of sp³-hybridized carbons (Fsp3) is 0.368. The van der Waals surface area contributed by atoms with Gasteiger partial charge in [0.15, 0.2) is 0 Å². The summed E-state index contributed by atoms with van der Waals surface area (Å²) in [6.45, 7) is 7.52. The van der Waals surface area contributed by atoms with E-state index in [1.165, 1.54) is 17.7 Å². The van der Waals surface area contributed by atoms with Gasteiger partial charge in [-0.05, 0) is 29.7 Å². The van der Waals surface area contributed by atoms with Gasteiger partial charge in [-0.2, -0.15) is 0 Å². The highest BCUT2D eigenvalue weighted by atomic mass is 19.1. The number of hydrogen-bond donors (Lipinski definition) is 1.